The molecule has 1 aromatic carbocycles. The minimum atomic E-state index is -0.428. The molecule has 2 fully saturated rings. The summed E-state index contributed by atoms with van der Waals surface area (Å²) in [6.45, 7) is 5.36. The summed E-state index contributed by atoms with van der Waals surface area (Å²) in [6.07, 6.45) is 21.0. The molecule has 0 aliphatic heterocycles. The Bertz CT molecular complexity index is 727. The molecule has 2 aliphatic carbocycles. The Morgan fingerprint density at radius 1 is 0.800 bits per heavy atom. The van der Waals surface area contributed by atoms with Gasteiger partial charge < -0.3 is 9.84 Å². The van der Waals surface area contributed by atoms with Gasteiger partial charge in [-0.3, -0.25) is 0 Å². The topological polar surface area (TPSA) is 29.5 Å². The molecular formula is C33H52O2. The lowest BCUT2D eigenvalue weighted by atomic mass is 9.77. The van der Waals surface area contributed by atoms with Gasteiger partial charge in [-0.2, -0.15) is 0 Å². The Labute approximate surface area is 216 Å². The lowest BCUT2D eigenvalue weighted by molar-refractivity contribution is 0.161. The zero-order valence-electron chi connectivity index (χ0n) is 22.8. The summed E-state index contributed by atoms with van der Waals surface area (Å²) in [5, 5.41) is 10.5. The fourth-order valence-corrected chi connectivity index (χ4v) is 6.05. The molecule has 0 heterocycles. The van der Waals surface area contributed by atoms with E-state index in [4.69, 9.17) is 4.74 Å². The highest BCUT2D eigenvalue weighted by atomic mass is 16.5. The van der Waals surface area contributed by atoms with Crippen LogP contribution in [-0.2, 0) is 6.42 Å². The molecule has 0 bridgehead atoms. The molecule has 2 heteroatoms. The van der Waals surface area contributed by atoms with Crippen molar-refractivity contribution in [2.45, 2.75) is 129 Å². The van der Waals surface area contributed by atoms with Gasteiger partial charge in [0.1, 0.15) is 11.9 Å². The molecule has 2 aliphatic rings. The Kier molecular flexibility index (Phi) is 13.1. The van der Waals surface area contributed by atoms with E-state index in [9.17, 15) is 5.11 Å². The zero-order valence-corrected chi connectivity index (χ0v) is 22.8. The smallest absolute Gasteiger partial charge is 0.119 e. The first-order valence-electron chi connectivity index (χ1n) is 15.1. The van der Waals surface area contributed by atoms with Crippen LogP contribution >= 0.6 is 0 Å². The number of aryl methyl sites for hydroxylation is 1. The minimum absolute atomic E-state index is 0.428. The van der Waals surface area contributed by atoms with Crippen LogP contribution in [-0.4, -0.2) is 17.8 Å². The summed E-state index contributed by atoms with van der Waals surface area (Å²) in [6, 6.07) is 8.72. The monoisotopic (exact) mass is 480 g/mol. The van der Waals surface area contributed by atoms with E-state index in [1.165, 1.54) is 95.5 Å². The highest BCUT2D eigenvalue weighted by Crippen LogP contribution is 2.34. The fourth-order valence-electron chi connectivity index (χ4n) is 6.05. The average molecular weight is 481 g/mol. The first kappa shape index (κ1) is 28.1. The van der Waals surface area contributed by atoms with Crippen LogP contribution in [0.3, 0.4) is 0 Å². The predicted octanol–water partition coefficient (Wildman–Crippen LogP) is 8.75. The lowest BCUT2D eigenvalue weighted by Gasteiger charge is -2.29. The van der Waals surface area contributed by atoms with Gasteiger partial charge in [-0.05, 0) is 80.4 Å². The van der Waals surface area contributed by atoms with E-state index in [1.54, 1.807) is 0 Å². The first-order chi connectivity index (χ1) is 17.2. The van der Waals surface area contributed by atoms with Crippen LogP contribution in [0.25, 0.3) is 0 Å². The van der Waals surface area contributed by atoms with Crippen LogP contribution in [0.1, 0.15) is 122 Å². The van der Waals surface area contributed by atoms with Gasteiger partial charge in [-0.15, -0.1) is 0 Å². The fraction of sp³-hybridized carbons (Fsp3) is 0.758. The maximum Gasteiger partial charge on any atom is 0.119 e. The second kappa shape index (κ2) is 16.3. The molecule has 35 heavy (non-hydrogen) atoms. The molecule has 2 nitrogen and oxygen atoms in total. The lowest BCUT2D eigenvalue weighted by Crippen LogP contribution is -2.20. The molecule has 0 saturated heterocycles. The van der Waals surface area contributed by atoms with Gasteiger partial charge in [0.2, 0.25) is 0 Å². The second-order valence-electron chi connectivity index (χ2n) is 11.6. The maximum atomic E-state index is 10.5. The van der Waals surface area contributed by atoms with E-state index < -0.39 is 6.10 Å². The van der Waals surface area contributed by atoms with Crippen molar-refractivity contribution in [3.63, 3.8) is 0 Å². The first-order valence-corrected chi connectivity index (χ1v) is 15.1. The molecule has 0 aromatic heterocycles. The van der Waals surface area contributed by atoms with Gasteiger partial charge >= 0.3 is 0 Å². The normalized spacial score (nSPS) is 25.5. The molecule has 0 spiro atoms. The third kappa shape index (κ3) is 11.0. The van der Waals surface area contributed by atoms with Crippen LogP contribution in [0, 0.1) is 35.5 Å². The molecule has 196 valence electrons. The molecule has 3 rings (SSSR count). The van der Waals surface area contributed by atoms with Crippen molar-refractivity contribution < 1.29 is 9.84 Å². The van der Waals surface area contributed by atoms with Crippen molar-refractivity contribution in [1.29, 1.82) is 0 Å². The van der Waals surface area contributed by atoms with Crippen molar-refractivity contribution in [3.8, 4) is 17.6 Å². The van der Waals surface area contributed by atoms with Crippen molar-refractivity contribution in [1.82, 2.24) is 0 Å². The standard InChI is InChI=1S/C33H52O2/c1-3-5-7-9-27-11-15-30(16-12-27)25-32(34)22-19-29-13-17-31(18-14-29)26-35-33-23-20-28(21-24-33)10-8-6-4-2/h20-21,23-24,27,29-32,34H,3-18,25-26H2,1-2H3. The van der Waals surface area contributed by atoms with Crippen molar-refractivity contribution in [2.75, 3.05) is 6.61 Å². The van der Waals surface area contributed by atoms with E-state index in [-0.39, 0.29) is 0 Å². The van der Waals surface area contributed by atoms with Gasteiger partial charge in [0.05, 0.1) is 6.61 Å². The Morgan fingerprint density at radius 3 is 2.11 bits per heavy atom. The minimum Gasteiger partial charge on any atom is -0.493 e. The summed E-state index contributed by atoms with van der Waals surface area (Å²) >= 11 is 0. The third-order valence-electron chi connectivity index (χ3n) is 8.52. The van der Waals surface area contributed by atoms with Gasteiger partial charge in [-0.1, -0.05) is 102 Å². The number of aliphatic hydroxyl groups is 1. The Morgan fingerprint density at radius 2 is 1.43 bits per heavy atom. The van der Waals surface area contributed by atoms with Crippen LogP contribution in [0.4, 0.5) is 0 Å². The maximum absolute atomic E-state index is 10.5. The van der Waals surface area contributed by atoms with E-state index in [1.807, 2.05) is 0 Å². The number of hydrogen-bond donors (Lipinski definition) is 1. The van der Waals surface area contributed by atoms with E-state index >= 15 is 0 Å². The molecule has 0 radical (unpaired) electrons. The summed E-state index contributed by atoms with van der Waals surface area (Å²) in [5.74, 6) is 10.4. The summed E-state index contributed by atoms with van der Waals surface area (Å²) in [7, 11) is 0. The Hall–Kier alpha value is -1.46. The number of ether oxygens (including phenoxy) is 1. The van der Waals surface area contributed by atoms with Gasteiger partial charge in [-0.25, -0.2) is 0 Å². The summed E-state index contributed by atoms with van der Waals surface area (Å²) in [4.78, 5) is 0. The average Bonchev–Trinajstić information content (AvgIpc) is 2.89. The van der Waals surface area contributed by atoms with Crippen molar-refractivity contribution in [2.24, 2.45) is 23.7 Å². The van der Waals surface area contributed by atoms with E-state index in [0.29, 0.717) is 17.8 Å². The van der Waals surface area contributed by atoms with Crippen LogP contribution in [0.5, 0.6) is 5.75 Å². The van der Waals surface area contributed by atoms with Crippen LogP contribution < -0.4 is 4.74 Å². The van der Waals surface area contributed by atoms with E-state index in [2.05, 4.69) is 50.0 Å². The highest BCUT2D eigenvalue weighted by molar-refractivity contribution is 5.27. The number of hydrogen-bond acceptors (Lipinski definition) is 2. The quantitative estimate of drug-likeness (QED) is 0.226. The van der Waals surface area contributed by atoms with Crippen LogP contribution in [0.15, 0.2) is 24.3 Å². The molecule has 2 saturated carbocycles. The number of unbranched alkanes of at least 4 members (excludes halogenated alkanes) is 4. The summed E-state index contributed by atoms with van der Waals surface area (Å²) in [5.41, 5.74) is 1.42. The van der Waals surface area contributed by atoms with E-state index in [0.717, 1.165) is 37.5 Å². The predicted molar refractivity (Wildman–Crippen MR) is 149 cm³/mol. The van der Waals surface area contributed by atoms with Crippen molar-refractivity contribution >= 4 is 0 Å². The molecule has 1 N–H and O–H groups in total. The highest BCUT2D eigenvalue weighted by Gasteiger charge is 2.23. The molecule has 0 amide bonds. The zero-order chi connectivity index (χ0) is 24.7. The SMILES string of the molecule is CCCCCc1ccc(OCC2CCC(C#CC(O)CC3CCC(CCCCC)CC3)CC2)cc1. The van der Waals surface area contributed by atoms with Gasteiger partial charge in [0, 0.05) is 5.92 Å². The number of aliphatic hydroxyl groups excluding tert-OH is 1. The largest absolute Gasteiger partial charge is 0.493 e. The second-order valence-corrected chi connectivity index (χ2v) is 11.6. The number of rotatable bonds is 13. The summed E-state index contributed by atoms with van der Waals surface area (Å²) < 4.78 is 6.10. The third-order valence-corrected chi connectivity index (χ3v) is 8.52. The molecular weight excluding hydrogens is 428 g/mol. The van der Waals surface area contributed by atoms with Gasteiger partial charge in [0.15, 0.2) is 0 Å². The molecule has 1 atom stereocenters. The number of benzene rings is 1. The van der Waals surface area contributed by atoms with Crippen molar-refractivity contribution in [3.05, 3.63) is 29.8 Å². The Balaban J connectivity index is 1.28. The van der Waals surface area contributed by atoms with Gasteiger partial charge in [0.25, 0.3) is 0 Å². The van der Waals surface area contributed by atoms with Crippen LogP contribution in [0.2, 0.25) is 0 Å². The molecule has 1 unspecified atom stereocenters. The molecule has 1 aromatic rings.